The first-order chi connectivity index (χ1) is 18.0. The fourth-order valence-corrected chi connectivity index (χ4v) is 6.27. The average molecular weight is 522 g/mol. The molecular formula is C28H31N3O5S. The van der Waals surface area contributed by atoms with Crippen LogP contribution in [0.1, 0.15) is 22.2 Å². The number of nitrogens with zero attached hydrogens (tertiary/aromatic N) is 3. The van der Waals surface area contributed by atoms with Crippen molar-refractivity contribution >= 4 is 38.2 Å². The average Bonchev–Trinajstić information content (AvgIpc) is 3.39. The van der Waals surface area contributed by atoms with E-state index >= 15 is 0 Å². The lowest BCUT2D eigenvalue weighted by Gasteiger charge is -2.34. The van der Waals surface area contributed by atoms with Crippen molar-refractivity contribution in [2.75, 3.05) is 47.5 Å². The minimum Gasteiger partial charge on any atom is -0.493 e. The fraction of sp³-hybridized carbons (Fsp3) is 0.357. The summed E-state index contributed by atoms with van der Waals surface area (Å²) in [5.74, 6) is 1.85. The van der Waals surface area contributed by atoms with E-state index in [1.807, 2.05) is 48.2 Å². The summed E-state index contributed by atoms with van der Waals surface area (Å²) >= 11 is 1.42. The molecule has 9 heteroatoms. The Bertz CT molecular complexity index is 1520. The second kappa shape index (κ2) is 10.4. The summed E-state index contributed by atoms with van der Waals surface area (Å²) in [6.45, 7) is 5.93. The van der Waals surface area contributed by atoms with Gasteiger partial charge in [-0.25, -0.2) is 0 Å². The topological polar surface area (TPSA) is 73.2 Å². The standard InChI is InChI=1S/C28H31N3O5S/c1-5-31-21-9-7-6-8-19(21)26-20(27(31)32)16-23(37-26)28(33)30-14-12-29(13-15-30)17-18-10-11-22(34-2)25(36-4)24(18)35-3/h6-11,16H,5,12-15,17H2,1-4H3. The predicted octanol–water partition coefficient (Wildman–Crippen LogP) is 4.22. The summed E-state index contributed by atoms with van der Waals surface area (Å²) in [5, 5.41) is 1.63. The molecule has 2 aromatic heterocycles. The van der Waals surface area contributed by atoms with Crippen LogP contribution in [0.25, 0.3) is 21.0 Å². The Morgan fingerprint density at radius 1 is 0.919 bits per heavy atom. The normalized spacial score (nSPS) is 14.3. The number of para-hydroxylation sites is 1. The maximum atomic E-state index is 13.4. The molecule has 8 nitrogen and oxygen atoms in total. The van der Waals surface area contributed by atoms with Gasteiger partial charge >= 0.3 is 0 Å². The second-order valence-electron chi connectivity index (χ2n) is 8.98. The van der Waals surface area contributed by atoms with E-state index in [0.717, 1.165) is 34.3 Å². The van der Waals surface area contributed by atoms with Gasteiger partial charge in [-0.2, -0.15) is 0 Å². The van der Waals surface area contributed by atoms with Crippen LogP contribution in [0.5, 0.6) is 17.2 Å². The van der Waals surface area contributed by atoms with Crippen molar-refractivity contribution in [3.05, 3.63) is 63.3 Å². The molecular weight excluding hydrogens is 490 g/mol. The molecule has 0 aliphatic carbocycles. The van der Waals surface area contributed by atoms with Crippen LogP contribution in [0, 0.1) is 0 Å². The molecule has 1 amide bonds. The first-order valence-electron chi connectivity index (χ1n) is 12.3. The lowest BCUT2D eigenvalue weighted by molar-refractivity contribution is 0.0632. The van der Waals surface area contributed by atoms with Crippen LogP contribution in [-0.2, 0) is 13.1 Å². The van der Waals surface area contributed by atoms with Gasteiger partial charge in [-0.15, -0.1) is 11.3 Å². The minimum absolute atomic E-state index is 0.0175. The smallest absolute Gasteiger partial charge is 0.264 e. The Kier molecular flexibility index (Phi) is 7.08. The lowest BCUT2D eigenvalue weighted by Crippen LogP contribution is -2.48. The van der Waals surface area contributed by atoms with E-state index in [9.17, 15) is 9.59 Å². The Morgan fingerprint density at radius 2 is 1.65 bits per heavy atom. The Balaban J connectivity index is 1.34. The highest BCUT2D eigenvalue weighted by Gasteiger charge is 2.26. The molecule has 194 valence electrons. The van der Waals surface area contributed by atoms with Crippen LogP contribution >= 0.6 is 11.3 Å². The molecule has 0 radical (unpaired) electrons. The number of aryl methyl sites for hydroxylation is 1. The number of amides is 1. The third-order valence-electron chi connectivity index (χ3n) is 7.01. The van der Waals surface area contributed by atoms with Gasteiger partial charge < -0.3 is 23.7 Å². The van der Waals surface area contributed by atoms with Crippen LogP contribution in [0.15, 0.2) is 47.3 Å². The predicted molar refractivity (Wildman–Crippen MR) is 147 cm³/mol. The highest BCUT2D eigenvalue weighted by molar-refractivity contribution is 7.21. The van der Waals surface area contributed by atoms with Crippen LogP contribution in [-0.4, -0.2) is 67.8 Å². The van der Waals surface area contributed by atoms with Crippen molar-refractivity contribution in [2.24, 2.45) is 0 Å². The van der Waals surface area contributed by atoms with Crippen LogP contribution < -0.4 is 19.8 Å². The van der Waals surface area contributed by atoms with Crippen molar-refractivity contribution in [3.63, 3.8) is 0 Å². The Morgan fingerprint density at radius 3 is 2.32 bits per heavy atom. The number of hydrogen-bond donors (Lipinski definition) is 0. The van der Waals surface area contributed by atoms with Crippen LogP contribution in [0.4, 0.5) is 0 Å². The first-order valence-corrected chi connectivity index (χ1v) is 13.2. The van der Waals surface area contributed by atoms with Crippen molar-refractivity contribution in [1.29, 1.82) is 0 Å². The maximum absolute atomic E-state index is 13.4. The maximum Gasteiger partial charge on any atom is 0.264 e. The largest absolute Gasteiger partial charge is 0.493 e. The minimum atomic E-state index is -0.0415. The molecule has 1 saturated heterocycles. The SMILES string of the molecule is CCn1c(=O)c2cc(C(=O)N3CCN(Cc4ccc(OC)c(OC)c4OC)CC3)sc2c2ccccc21. The number of carbonyl (C=O) groups is 1. The number of carbonyl (C=O) groups excluding carboxylic acids is 1. The van der Waals surface area contributed by atoms with Gasteiger partial charge in [-0.3, -0.25) is 14.5 Å². The van der Waals surface area contributed by atoms with Gasteiger partial charge in [0, 0.05) is 54.9 Å². The van der Waals surface area contributed by atoms with Gasteiger partial charge in [-0.05, 0) is 25.1 Å². The molecule has 0 unspecified atom stereocenters. The summed E-state index contributed by atoms with van der Waals surface area (Å²) in [6, 6.07) is 13.6. The van der Waals surface area contributed by atoms with Gasteiger partial charge in [0.15, 0.2) is 11.5 Å². The van der Waals surface area contributed by atoms with Crippen LogP contribution in [0.2, 0.25) is 0 Å². The molecule has 0 spiro atoms. The van der Waals surface area contributed by atoms with E-state index in [1.165, 1.54) is 11.3 Å². The molecule has 4 aromatic rings. The molecule has 2 aromatic carbocycles. The number of fused-ring (bicyclic) bond motifs is 3. The number of pyridine rings is 1. The summed E-state index contributed by atoms with van der Waals surface area (Å²) in [5.41, 5.74) is 1.87. The van der Waals surface area contributed by atoms with Crippen molar-refractivity contribution in [1.82, 2.24) is 14.4 Å². The van der Waals surface area contributed by atoms with Crippen LogP contribution in [0.3, 0.4) is 0 Å². The monoisotopic (exact) mass is 521 g/mol. The molecule has 0 saturated carbocycles. The molecule has 1 aliphatic heterocycles. The lowest BCUT2D eigenvalue weighted by atomic mass is 10.1. The van der Waals surface area contributed by atoms with Gasteiger partial charge in [0.25, 0.3) is 11.5 Å². The van der Waals surface area contributed by atoms with Crippen molar-refractivity contribution in [3.8, 4) is 17.2 Å². The molecule has 3 heterocycles. The Labute approximate surface area is 219 Å². The number of aromatic nitrogens is 1. The molecule has 1 fully saturated rings. The summed E-state index contributed by atoms with van der Waals surface area (Å²) in [6.07, 6.45) is 0. The number of piperazine rings is 1. The molecule has 1 aliphatic rings. The van der Waals surface area contributed by atoms with Crippen molar-refractivity contribution in [2.45, 2.75) is 20.0 Å². The molecule has 0 atom stereocenters. The second-order valence-corrected chi connectivity index (χ2v) is 10.0. The number of rotatable bonds is 7. The molecule has 5 rings (SSSR count). The van der Waals surface area contributed by atoms with E-state index < -0.39 is 0 Å². The first kappa shape index (κ1) is 25.1. The molecule has 37 heavy (non-hydrogen) atoms. The molecule has 0 bridgehead atoms. The number of methoxy groups -OCH3 is 3. The zero-order chi connectivity index (χ0) is 26.1. The third kappa shape index (κ3) is 4.42. The van der Waals surface area contributed by atoms with E-state index in [4.69, 9.17) is 14.2 Å². The van der Waals surface area contributed by atoms with E-state index in [0.29, 0.717) is 53.7 Å². The van der Waals surface area contributed by atoms with Gasteiger partial charge in [-0.1, -0.05) is 24.3 Å². The van der Waals surface area contributed by atoms with E-state index in [-0.39, 0.29) is 11.5 Å². The zero-order valence-electron chi connectivity index (χ0n) is 21.6. The van der Waals surface area contributed by atoms with Gasteiger partial charge in [0.2, 0.25) is 5.75 Å². The van der Waals surface area contributed by atoms with Crippen molar-refractivity contribution < 1.29 is 19.0 Å². The van der Waals surface area contributed by atoms with E-state index in [1.54, 1.807) is 32.0 Å². The Hall–Kier alpha value is -3.56. The number of thiophene rings is 1. The number of hydrogen-bond acceptors (Lipinski definition) is 7. The number of benzene rings is 2. The van der Waals surface area contributed by atoms with Gasteiger partial charge in [0.1, 0.15) is 0 Å². The van der Waals surface area contributed by atoms with E-state index in [2.05, 4.69) is 4.90 Å². The van der Waals surface area contributed by atoms with Gasteiger partial charge in [0.05, 0.1) is 37.1 Å². The highest BCUT2D eigenvalue weighted by Crippen LogP contribution is 2.40. The summed E-state index contributed by atoms with van der Waals surface area (Å²) < 4.78 is 19.2. The quantitative estimate of drug-likeness (QED) is 0.363. The third-order valence-corrected chi connectivity index (χ3v) is 8.17. The summed E-state index contributed by atoms with van der Waals surface area (Å²) in [4.78, 5) is 31.4. The summed E-state index contributed by atoms with van der Waals surface area (Å²) in [7, 11) is 4.83. The molecule has 0 N–H and O–H groups in total. The highest BCUT2D eigenvalue weighted by atomic mass is 32.1. The number of ether oxygens (including phenoxy) is 3. The zero-order valence-corrected chi connectivity index (χ0v) is 22.4. The fourth-order valence-electron chi connectivity index (χ4n) is 5.12.